The molecule has 0 bridgehead atoms. The predicted octanol–water partition coefficient (Wildman–Crippen LogP) is 3.54. The summed E-state index contributed by atoms with van der Waals surface area (Å²) < 4.78 is 3.29. The lowest BCUT2D eigenvalue weighted by molar-refractivity contribution is 0.0697. The van der Waals surface area contributed by atoms with Crippen LogP contribution in [-0.2, 0) is 7.05 Å². The molecular formula is C23H23N5O3. The number of anilines is 3. The molecule has 4 aromatic rings. The number of carboxylic acid groups (broad SMARTS) is 1. The molecule has 8 heteroatoms. The van der Waals surface area contributed by atoms with Crippen LogP contribution in [-0.4, -0.2) is 39.5 Å². The zero-order chi connectivity index (χ0) is 22.3. The normalized spacial score (nSPS) is 11.0. The third-order valence-corrected chi connectivity index (χ3v) is 5.40. The van der Waals surface area contributed by atoms with E-state index in [1.165, 1.54) is 6.20 Å². The van der Waals surface area contributed by atoms with Crippen LogP contribution >= 0.6 is 0 Å². The van der Waals surface area contributed by atoms with Crippen molar-refractivity contribution in [2.24, 2.45) is 7.05 Å². The summed E-state index contributed by atoms with van der Waals surface area (Å²) in [5.74, 6) is -1.12. The summed E-state index contributed by atoms with van der Waals surface area (Å²) in [6.45, 7) is 1.82. The van der Waals surface area contributed by atoms with Crippen LogP contribution in [0.25, 0.3) is 16.6 Å². The first kappa shape index (κ1) is 20.2. The summed E-state index contributed by atoms with van der Waals surface area (Å²) in [6, 6.07) is 14.9. The molecular weight excluding hydrogens is 394 g/mol. The average Bonchev–Trinajstić information content (AvgIpc) is 2.97. The quantitative estimate of drug-likeness (QED) is 0.516. The highest BCUT2D eigenvalue weighted by atomic mass is 16.4. The second-order valence-corrected chi connectivity index (χ2v) is 7.51. The number of carboxylic acids is 1. The molecule has 0 aliphatic heterocycles. The van der Waals surface area contributed by atoms with Crippen LogP contribution in [0.5, 0.6) is 0 Å². The standard InChI is InChI=1S/C23H23N5O3/c1-14-20(22(29)28(27(14)4)15-8-6-5-7-9-15)25-21-17-12-16(26(2)3)10-11-19(17)24-13-18(21)23(30)31/h5-13H,1-4H3,(H,24,25)(H,30,31). The van der Waals surface area contributed by atoms with E-state index in [0.29, 0.717) is 28.0 Å². The first-order valence-corrected chi connectivity index (χ1v) is 9.74. The summed E-state index contributed by atoms with van der Waals surface area (Å²) in [4.78, 5) is 31.5. The van der Waals surface area contributed by atoms with Crippen LogP contribution in [0, 0.1) is 6.92 Å². The lowest BCUT2D eigenvalue weighted by atomic mass is 10.1. The fraction of sp³-hybridized carbons (Fsp3) is 0.174. The molecule has 4 rings (SSSR count). The number of nitrogens with zero attached hydrogens (tertiary/aromatic N) is 4. The molecule has 0 atom stereocenters. The van der Waals surface area contributed by atoms with Crippen molar-refractivity contribution in [1.29, 1.82) is 0 Å². The topological polar surface area (TPSA) is 92.4 Å². The van der Waals surface area contributed by atoms with E-state index in [1.807, 2.05) is 74.4 Å². The van der Waals surface area contributed by atoms with Gasteiger partial charge in [0.2, 0.25) is 0 Å². The van der Waals surface area contributed by atoms with Gasteiger partial charge in [-0.1, -0.05) is 18.2 Å². The van der Waals surface area contributed by atoms with E-state index in [9.17, 15) is 14.7 Å². The van der Waals surface area contributed by atoms with Crippen molar-refractivity contribution in [3.8, 4) is 5.69 Å². The molecule has 2 heterocycles. The van der Waals surface area contributed by atoms with Crippen LogP contribution in [0.3, 0.4) is 0 Å². The summed E-state index contributed by atoms with van der Waals surface area (Å²) in [5, 5.41) is 13.5. The number of aromatic nitrogens is 3. The maximum atomic E-state index is 13.3. The van der Waals surface area contributed by atoms with Crippen molar-refractivity contribution in [3.63, 3.8) is 0 Å². The van der Waals surface area contributed by atoms with Crippen molar-refractivity contribution in [2.75, 3.05) is 24.3 Å². The third kappa shape index (κ3) is 3.42. The number of aromatic carboxylic acids is 1. The maximum absolute atomic E-state index is 13.3. The molecule has 0 radical (unpaired) electrons. The Kier molecular flexibility index (Phi) is 4.98. The van der Waals surface area contributed by atoms with E-state index in [2.05, 4.69) is 10.3 Å². The minimum Gasteiger partial charge on any atom is -0.478 e. The van der Waals surface area contributed by atoms with Crippen LogP contribution in [0.4, 0.5) is 17.1 Å². The van der Waals surface area contributed by atoms with Crippen LogP contribution in [0.2, 0.25) is 0 Å². The van der Waals surface area contributed by atoms with E-state index in [0.717, 1.165) is 11.4 Å². The van der Waals surface area contributed by atoms with Gasteiger partial charge in [-0.2, -0.15) is 0 Å². The van der Waals surface area contributed by atoms with Gasteiger partial charge in [-0.3, -0.25) is 14.5 Å². The third-order valence-electron chi connectivity index (χ3n) is 5.40. The van der Waals surface area contributed by atoms with E-state index in [-0.39, 0.29) is 11.1 Å². The molecule has 0 spiro atoms. The van der Waals surface area contributed by atoms with Crippen LogP contribution in [0.1, 0.15) is 16.1 Å². The Morgan fingerprint density at radius 3 is 2.45 bits per heavy atom. The van der Waals surface area contributed by atoms with E-state index < -0.39 is 5.97 Å². The second kappa shape index (κ2) is 7.64. The van der Waals surface area contributed by atoms with Gasteiger partial charge in [0, 0.05) is 38.4 Å². The zero-order valence-electron chi connectivity index (χ0n) is 17.7. The highest BCUT2D eigenvalue weighted by molar-refractivity contribution is 6.06. The van der Waals surface area contributed by atoms with E-state index >= 15 is 0 Å². The highest BCUT2D eigenvalue weighted by Crippen LogP contribution is 2.32. The Morgan fingerprint density at radius 1 is 1.10 bits per heavy atom. The molecule has 8 nitrogen and oxygen atoms in total. The SMILES string of the molecule is Cc1c(Nc2c(C(=O)O)cnc3ccc(N(C)C)cc23)c(=O)n(-c2ccccc2)n1C. The minimum absolute atomic E-state index is 0.00248. The van der Waals surface area contributed by atoms with Crippen molar-refractivity contribution < 1.29 is 9.90 Å². The number of pyridine rings is 1. The van der Waals surface area contributed by atoms with Gasteiger partial charge in [0.25, 0.3) is 5.56 Å². The fourth-order valence-corrected chi connectivity index (χ4v) is 3.59. The van der Waals surface area contributed by atoms with Crippen molar-refractivity contribution in [1.82, 2.24) is 14.3 Å². The van der Waals surface area contributed by atoms with Crippen LogP contribution < -0.4 is 15.8 Å². The van der Waals surface area contributed by atoms with Gasteiger partial charge in [0.05, 0.1) is 22.6 Å². The van der Waals surface area contributed by atoms with Gasteiger partial charge in [0.15, 0.2) is 0 Å². The molecule has 158 valence electrons. The molecule has 2 N–H and O–H groups in total. The minimum atomic E-state index is -1.12. The Hall–Kier alpha value is -4.07. The molecule has 0 aliphatic carbocycles. The van der Waals surface area contributed by atoms with E-state index in [1.54, 1.807) is 16.4 Å². The summed E-state index contributed by atoms with van der Waals surface area (Å²) in [5.41, 5.74) is 3.32. The van der Waals surface area contributed by atoms with Crippen molar-refractivity contribution >= 4 is 33.9 Å². The molecule has 31 heavy (non-hydrogen) atoms. The molecule has 0 fully saturated rings. The molecule has 0 amide bonds. The number of benzene rings is 2. The van der Waals surface area contributed by atoms with Gasteiger partial charge >= 0.3 is 5.97 Å². The lowest BCUT2D eigenvalue weighted by Crippen LogP contribution is -2.20. The van der Waals surface area contributed by atoms with Gasteiger partial charge in [-0.05, 0) is 37.3 Å². The Bertz CT molecular complexity index is 1350. The summed E-state index contributed by atoms with van der Waals surface area (Å²) >= 11 is 0. The predicted molar refractivity (Wildman–Crippen MR) is 122 cm³/mol. The molecule has 2 aromatic carbocycles. The molecule has 0 saturated heterocycles. The molecule has 2 aromatic heterocycles. The fourth-order valence-electron chi connectivity index (χ4n) is 3.59. The number of hydrogen-bond acceptors (Lipinski definition) is 5. The monoisotopic (exact) mass is 417 g/mol. The number of rotatable bonds is 5. The lowest BCUT2D eigenvalue weighted by Gasteiger charge is -2.16. The number of carbonyl (C=O) groups is 1. The number of hydrogen-bond donors (Lipinski definition) is 2. The van der Waals surface area contributed by atoms with Crippen molar-refractivity contribution in [3.05, 3.63) is 76.3 Å². The largest absolute Gasteiger partial charge is 0.478 e. The molecule has 0 aliphatic rings. The smallest absolute Gasteiger partial charge is 0.339 e. The Labute approximate surface area is 179 Å². The summed E-state index contributed by atoms with van der Waals surface area (Å²) in [7, 11) is 5.60. The number of fused-ring (bicyclic) bond motifs is 1. The second-order valence-electron chi connectivity index (χ2n) is 7.51. The maximum Gasteiger partial charge on any atom is 0.339 e. The number of nitrogens with one attached hydrogen (secondary N) is 1. The van der Waals surface area contributed by atoms with Gasteiger partial charge in [-0.25, -0.2) is 9.48 Å². The van der Waals surface area contributed by atoms with Crippen molar-refractivity contribution in [2.45, 2.75) is 6.92 Å². The first-order chi connectivity index (χ1) is 14.8. The Balaban J connectivity index is 1.95. The molecule has 0 saturated carbocycles. The average molecular weight is 417 g/mol. The zero-order valence-corrected chi connectivity index (χ0v) is 17.7. The van der Waals surface area contributed by atoms with E-state index in [4.69, 9.17) is 0 Å². The van der Waals surface area contributed by atoms with Gasteiger partial charge in [-0.15, -0.1) is 0 Å². The van der Waals surface area contributed by atoms with Gasteiger partial charge in [0.1, 0.15) is 11.3 Å². The van der Waals surface area contributed by atoms with Crippen LogP contribution in [0.15, 0.2) is 59.5 Å². The van der Waals surface area contributed by atoms with Gasteiger partial charge < -0.3 is 15.3 Å². The molecule has 0 unspecified atom stereocenters. The highest BCUT2D eigenvalue weighted by Gasteiger charge is 2.21. The summed E-state index contributed by atoms with van der Waals surface area (Å²) in [6.07, 6.45) is 1.32. The Morgan fingerprint density at radius 2 is 1.81 bits per heavy atom. The first-order valence-electron chi connectivity index (χ1n) is 9.74. The number of para-hydroxylation sites is 1.